The number of nitrogens with one attached hydrogen (secondary N) is 1. The number of amides is 3. The number of rotatable bonds is 5. The molecule has 0 aromatic heterocycles. The maximum atomic E-state index is 13.4. The molecule has 184 valence electrons. The van der Waals surface area contributed by atoms with Crippen LogP contribution in [0.1, 0.15) is 52.0 Å². The second-order valence-electron chi connectivity index (χ2n) is 9.55. The lowest BCUT2D eigenvalue weighted by Gasteiger charge is -2.37. The summed E-state index contributed by atoms with van der Waals surface area (Å²) in [6.45, 7) is 4.63. The Kier molecular flexibility index (Phi) is 6.61. The van der Waals surface area contributed by atoms with Crippen LogP contribution in [0.4, 0.5) is 0 Å². The van der Waals surface area contributed by atoms with Crippen LogP contribution in [0.3, 0.4) is 0 Å². The number of likely N-dealkylation sites (tertiary alicyclic amines) is 2. The molecule has 2 fully saturated rings. The number of carbonyl (C=O) groups excluding carboxylic acids is 3. The van der Waals surface area contributed by atoms with Gasteiger partial charge in [-0.2, -0.15) is 0 Å². The van der Waals surface area contributed by atoms with Gasteiger partial charge in [0.1, 0.15) is 6.04 Å². The van der Waals surface area contributed by atoms with E-state index in [2.05, 4.69) is 5.32 Å². The minimum atomic E-state index is -0.594. The Hall–Kier alpha value is -3.55. The average molecular weight is 478 g/mol. The summed E-state index contributed by atoms with van der Waals surface area (Å²) in [4.78, 5) is 43.3. The van der Waals surface area contributed by atoms with E-state index in [0.717, 1.165) is 31.5 Å². The van der Waals surface area contributed by atoms with Crippen molar-refractivity contribution in [1.29, 1.82) is 0 Å². The normalized spacial score (nSPS) is 18.4. The van der Waals surface area contributed by atoms with Crippen molar-refractivity contribution in [2.75, 3.05) is 33.0 Å². The first-order valence-electron chi connectivity index (χ1n) is 12.3. The molecule has 3 aliphatic rings. The van der Waals surface area contributed by atoms with Crippen molar-refractivity contribution in [3.63, 3.8) is 0 Å². The van der Waals surface area contributed by atoms with Gasteiger partial charge in [0.15, 0.2) is 11.5 Å². The van der Waals surface area contributed by atoms with Gasteiger partial charge in [-0.15, -0.1) is 0 Å². The molecule has 5 rings (SSSR count). The summed E-state index contributed by atoms with van der Waals surface area (Å²) >= 11 is 0. The van der Waals surface area contributed by atoms with Crippen LogP contribution < -0.4 is 14.8 Å². The molecule has 2 saturated heterocycles. The zero-order valence-corrected chi connectivity index (χ0v) is 20.0. The number of benzene rings is 2. The number of ether oxygens (including phenoxy) is 2. The molecule has 2 aromatic rings. The van der Waals surface area contributed by atoms with Crippen molar-refractivity contribution in [2.45, 2.75) is 38.6 Å². The largest absolute Gasteiger partial charge is 0.454 e. The zero-order valence-electron chi connectivity index (χ0n) is 20.0. The summed E-state index contributed by atoms with van der Waals surface area (Å²) in [5.74, 6) is 0.897. The van der Waals surface area contributed by atoms with Crippen LogP contribution in [0.5, 0.6) is 11.5 Å². The number of aryl methyl sites for hydroxylation is 1. The number of piperidine rings is 1. The van der Waals surface area contributed by atoms with E-state index in [1.807, 2.05) is 34.9 Å². The third-order valence-electron chi connectivity index (χ3n) is 7.17. The molecule has 0 radical (unpaired) electrons. The van der Waals surface area contributed by atoms with Crippen molar-refractivity contribution in [1.82, 2.24) is 15.1 Å². The lowest BCUT2D eigenvalue weighted by atomic mass is 9.88. The summed E-state index contributed by atoms with van der Waals surface area (Å²) in [5.41, 5.74) is 2.11. The predicted molar refractivity (Wildman–Crippen MR) is 129 cm³/mol. The topological polar surface area (TPSA) is 88.2 Å². The second kappa shape index (κ2) is 9.98. The number of carbonyl (C=O) groups is 3. The van der Waals surface area contributed by atoms with Gasteiger partial charge in [-0.3, -0.25) is 14.4 Å². The fraction of sp³-hybridized carbons (Fsp3) is 0.444. The average Bonchev–Trinajstić information content (AvgIpc) is 3.58. The van der Waals surface area contributed by atoms with Gasteiger partial charge in [-0.1, -0.05) is 17.7 Å². The van der Waals surface area contributed by atoms with Crippen LogP contribution >= 0.6 is 0 Å². The zero-order chi connectivity index (χ0) is 24.4. The molecule has 0 saturated carbocycles. The smallest absolute Gasteiger partial charge is 0.253 e. The van der Waals surface area contributed by atoms with Crippen LogP contribution in [-0.4, -0.2) is 66.5 Å². The second-order valence-corrected chi connectivity index (χ2v) is 9.55. The summed E-state index contributed by atoms with van der Waals surface area (Å²) in [7, 11) is 0. The monoisotopic (exact) mass is 477 g/mol. The van der Waals surface area contributed by atoms with Crippen molar-refractivity contribution < 1.29 is 23.9 Å². The molecular weight excluding hydrogens is 446 g/mol. The summed E-state index contributed by atoms with van der Waals surface area (Å²) < 4.78 is 10.7. The molecule has 2 aromatic carbocycles. The molecule has 0 bridgehead atoms. The van der Waals surface area contributed by atoms with Crippen molar-refractivity contribution in [3.05, 3.63) is 59.2 Å². The van der Waals surface area contributed by atoms with E-state index in [1.165, 1.54) is 0 Å². The van der Waals surface area contributed by atoms with Gasteiger partial charge in [0.2, 0.25) is 12.7 Å². The van der Waals surface area contributed by atoms with Gasteiger partial charge < -0.3 is 24.6 Å². The maximum Gasteiger partial charge on any atom is 0.253 e. The summed E-state index contributed by atoms with van der Waals surface area (Å²) in [6, 6.07) is 12.0. The Morgan fingerprint density at radius 3 is 2.37 bits per heavy atom. The van der Waals surface area contributed by atoms with Crippen LogP contribution in [0, 0.1) is 12.8 Å². The van der Waals surface area contributed by atoms with Gasteiger partial charge in [0.05, 0.1) is 0 Å². The molecule has 1 unspecified atom stereocenters. The first-order chi connectivity index (χ1) is 17.0. The van der Waals surface area contributed by atoms with Gasteiger partial charge in [0.25, 0.3) is 11.8 Å². The van der Waals surface area contributed by atoms with Crippen molar-refractivity contribution in [2.24, 2.45) is 5.92 Å². The first kappa shape index (κ1) is 23.2. The quantitative estimate of drug-likeness (QED) is 0.715. The first-order valence-corrected chi connectivity index (χ1v) is 12.3. The lowest BCUT2D eigenvalue weighted by molar-refractivity contribution is -0.134. The van der Waals surface area contributed by atoms with Crippen molar-refractivity contribution in [3.8, 4) is 11.5 Å². The molecule has 3 amide bonds. The van der Waals surface area contributed by atoms with E-state index in [0.29, 0.717) is 48.6 Å². The lowest BCUT2D eigenvalue weighted by Crippen LogP contribution is -2.54. The molecule has 1 N–H and O–H groups in total. The number of hydrogen-bond acceptors (Lipinski definition) is 5. The van der Waals surface area contributed by atoms with Crippen LogP contribution in [0.25, 0.3) is 0 Å². The molecule has 0 aliphatic carbocycles. The third kappa shape index (κ3) is 4.97. The number of hydrogen-bond donors (Lipinski definition) is 1. The Bertz CT molecular complexity index is 1120. The Morgan fingerprint density at radius 1 is 0.886 bits per heavy atom. The predicted octanol–water partition coefficient (Wildman–Crippen LogP) is 3.00. The summed E-state index contributed by atoms with van der Waals surface area (Å²) in [5, 5.41) is 3.05. The fourth-order valence-corrected chi connectivity index (χ4v) is 5.17. The highest BCUT2D eigenvalue weighted by Gasteiger charge is 2.37. The van der Waals surface area contributed by atoms with E-state index < -0.39 is 6.04 Å². The van der Waals surface area contributed by atoms with E-state index in [4.69, 9.17) is 9.47 Å². The maximum absolute atomic E-state index is 13.4. The van der Waals surface area contributed by atoms with Gasteiger partial charge in [-0.25, -0.2) is 0 Å². The molecule has 3 aliphatic heterocycles. The van der Waals surface area contributed by atoms with Gasteiger partial charge in [0, 0.05) is 37.3 Å². The molecule has 8 heteroatoms. The number of fused-ring (bicyclic) bond motifs is 1. The molecule has 8 nitrogen and oxygen atoms in total. The van der Waals surface area contributed by atoms with Crippen LogP contribution in [0.15, 0.2) is 42.5 Å². The third-order valence-corrected chi connectivity index (χ3v) is 7.17. The Labute approximate surface area is 205 Å². The SMILES string of the molecule is Cc1cccc(C(=O)NC(C(=O)N2CCCC2)C2CCN(C(=O)c3ccc4c(c3)OCO4)CC2)c1. The molecule has 0 spiro atoms. The molecule has 3 heterocycles. The fourth-order valence-electron chi connectivity index (χ4n) is 5.17. The van der Waals surface area contributed by atoms with Gasteiger partial charge >= 0.3 is 0 Å². The van der Waals surface area contributed by atoms with Crippen LogP contribution in [0.2, 0.25) is 0 Å². The Balaban J connectivity index is 1.27. The molecule has 35 heavy (non-hydrogen) atoms. The van der Waals surface area contributed by atoms with E-state index in [-0.39, 0.29) is 30.4 Å². The minimum absolute atomic E-state index is 0.0101. The van der Waals surface area contributed by atoms with Crippen molar-refractivity contribution >= 4 is 17.7 Å². The minimum Gasteiger partial charge on any atom is -0.454 e. The highest BCUT2D eigenvalue weighted by molar-refractivity contribution is 5.98. The molecular formula is C27H31N3O5. The van der Waals surface area contributed by atoms with E-state index in [9.17, 15) is 14.4 Å². The standard InChI is InChI=1S/C27H31N3O5/c1-18-5-4-6-20(15-18)25(31)28-24(27(33)29-11-2-3-12-29)19-9-13-30(14-10-19)26(32)21-7-8-22-23(16-21)35-17-34-22/h4-8,15-16,19,24H,2-3,9-14,17H2,1H3,(H,28,31). The molecule has 1 atom stereocenters. The van der Waals surface area contributed by atoms with Gasteiger partial charge in [-0.05, 0) is 68.9 Å². The highest BCUT2D eigenvalue weighted by Crippen LogP contribution is 2.33. The summed E-state index contributed by atoms with van der Waals surface area (Å²) in [6.07, 6.45) is 3.28. The van der Waals surface area contributed by atoms with Crippen LogP contribution in [-0.2, 0) is 4.79 Å². The number of nitrogens with zero attached hydrogens (tertiary/aromatic N) is 2. The van der Waals surface area contributed by atoms with E-state index in [1.54, 1.807) is 24.3 Å². The highest BCUT2D eigenvalue weighted by atomic mass is 16.7. The Morgan fingerprint density at radius 2 is 1.63 bits per heavy atom. The van der Waals surface area contributed by atoms with E-state index >= 15 is 0 Å².